The Bertz CT molecular complexity index is 314. The fraction of sp³-hybridized carbons (Fsp3) is 0.600. The summed E-state index contributed by atoms with van der Waals surface area (Å²) in [5.41, 5.74) is -1.16. The Labute approximate surface area is 82.9 Å². The molecule has 0 aromatic heterocycles. The third kappa shape index (κ3) is 1.58. The largest absolute Gasteiger partial charge is 0.480 e. The van der Waals surface area contributed by atoms with Gasteiger partial charge in [0.15, 0.2) is 0 Å². The van der Waals surface area contributed by atoms with Crippen LogP contribution in [-0.2, 0) is 9.59 Å². The summed E-state index contributed by atoms with van der Waals surface area (Å²) >= 11 is 0. The van der Waals surface area contributed by atoms with E-state index in [2.05, 4.69) is 5.92 Å². The summed E-state index contributed by atoms with van der Waals surface area (Å²) in [7, 11) is 0. The summed E-state index contributed by atoms with van der Waals surface area (Å²) in [5.74, 6) is 1.14. The van der Waals surface area contributed by atoms with Crippen LogP contribution >= 0.6 is 0 Å². The molecule has 1 fully saturated rings. The average Bonchev–Trinajstić information content (AvgIpc) is 2.47. The molecule has 1 atom stereocenters. The van der Waals surface area contributed by atoms with E-state index in [-0.39, 0.29) is 18.2 Å². The zero-order chi connectivity index (χ0) is 10.9. The lowest BCUT2D eigenvalue weighted by atomic mass is 10.0. The molecule has 1 saturated heterocycles. The average molecular weight is 195 g/mol. The standard InChI is InChI=1S/C10H13NO3/c1-4-7-5-8(12)11(6-7)10(2,3)9(13)14/h1,7H,5-6H2,2-3H3,(H,13,14). The molecule has 0 aliphatic carbocycles. The fourth-order valence-electron chi connectivity index (χ4n) is 1.47. The van der Waals surface area contributed by atoms with Gasteiger partial charge in [-0.2, -0.15) is 0 Å². The molecule has 0 radical (unpaired) electrons. The number of carboxylic acid groups (broad SMARTS) is 1. The number of hydrogen-bond donors (Lipinski definition) is 1. The molecule has 4 nitrogen and oxygen atoms in total. The van der Waals surface area contributed by atoms with Gasteiger partial charge in [0.25, 0.3) is 0 Å². The van der Waals surface area contributed by atoms with Gasteiger partial charge >= 0.3 is 5.97 Å². The predicted molar refractivity (Wildman–Crippen MR) is 50.4 cm³/mol. The first-order chi connectivity index (χ1) is 6.39. The van der Waals surface area contributed by atoms with E-state index in [0.29, 0.717) is 6.54 Å². The number of terminal acetylenes is 1. The van der Waals surface area contributed by atoms with Gasteiger partial charge < -0.3 is 10.0 Å². The first-order valence-corrected chi connectivity index (χ1v) is 4.39. The van der Waals surface area contributed by atoms with Crippen LogP contribution in [0.4, 0.5) is 0 Å². The third-order valence-electron chi connectivity index (χ3n) is 2.56. The molecule has 0 bridgehead atoms. The number of carbonyl (C=O) groups is 2. The van der Waals surface area contributed by atoms with Crippen molar-refractivity contribution in [3.05, 3.63) is 0 Å². The topological polar surface area (TPSA) is 57.6 Å². The Morgan fingerprint density at radius 3 is 2.64 bits per heavy atom. The quantitative estimate of drug-likeness (QED) is 0.646. The molecule has 1 rings (SSSR count). The van der Waals surface area contributed by atoms with Gasteiger partial charge in [-0.25, -0.2) is 4.79 Å². The zero-order valence-corrected chi connectivity index (χ0v) is 8.28. The minimum atomic E-state index is -1.16. The summed E-state index contributed by atoms with van der Waals surface area (Å²) in [6.07, 6.45) is 5.46. The van der Waals surface area contributed by atoms with E-state index in [1.54, 1.807) is 0 Å². The maximum atomic E-state index is 11.5. The van der Waals surface area contributed by atoms with Crippen molar-refractivity contribution < 1.29 is 14.7 Å². The van der Waals surface area contributed by atoms with Crippen LogP contribution in [0.5, 0.6) is 0 Å². The van der Waals surface area contributed by atoms with Crippen LogP contribution in [-0.4, -0.2) is 34.0 Å². The summed E-state index contributed by atoms with van der Waals surface area (Å²) in [6.45, 7) is 3.35. The molecule has 0 saturated carbocycles. The molecular formula is C10H13NO3. The molecule has 1 unspecified atom stereocenters. The molecule has 76 valence electrons. The van der Waals surface area contributed by atoms with Crippen molar-refractivity contribution in [2.45, 2.75) is 25.8 Å². The van der Waals surface area contributed by atoms with E-state index in [9.17, 15) is 9.59 Å². The number of rotatable bonds is 2. The van der Waals surface area contributed by atoms with E-state index < -0.39 is 11.5 Å². The molecule has 1 aliphatic heterocycles. The van der Waals surface area contributed by atoms with Crippen molar-refractivity contribution >= 4 is 11.9 Å². The van der Waals surface area contributed by atoms with Gasteiger partial charge in [0.05, 0.1) is 0 Å². The normalized spacial score (nSPS) is 22.2. The Morgan fingerprint density at radius 2 is 2.29 bits per heavy atom. The highest BCUT2D eigenvalue weighted by atomic mass is 16.4. The van der Waals surface area contributed by atoms with Gasteiger partial charge in [-0.3, -0.25) is 4.79 Å². The van der Waals surface area contributed by atoms with Crippen molar-refractivity contribution in [2.75, 3.05) is 6.54 Å². The van der Waals surface area contributed by atoms with Crippen molar-refractivity contribution in [3.63, 3.8) is 0 Å². The predicted octanol–water partition coefficient (Wildman–Crippen LogP) is 0.331. The number of hydrogen-bond acceptors (Lipinski definition) is 2. The second kappa shape index (κ2) is 3.33. The van der Waals surface area contributed by atoms with Crippen LogP contribution in [0.15, 0.2) is 0 Å². The maximum absolute atomic E-state index is 11.5. The number of carboxylic acids is 1. The van der Waals surface area contributed by atoms with Gasteiger partial charge in [0.2, 0.25) is 5.91 Å². The van der Waals surface area contributed by atoms with Gasteiger partial charge in [0.1, 0.15) is 5.54 Å². The SMILES string of the molecule is C#CC1CC(=O)N(C(C)(C)C(=O)O)C1. The van der Waals surface area contributed by atoms with Crippen LogP contribution in [0.1, 0.15) is 20.3 Å². The lowest BCUT2D eigenvalue weighted by molar-refractivity contribution is -0.154. The summed E-state index contributed by atoms with van der Waals surface area (Å²) in [4.78, 5) is 23.7. The van der Waals surface area contributed by atoms with Crippen LogP contribution in [0.2, 0.25) is 0 Å². The summed E-state index contributed by atoms with van der Waals surface area (Å²) in [5, 5.41) is 8.93. The Kier molecular flexibility index (Phi) is 2.52. The molecule has 0 aromatic rings. The lowest BCUT2D eigenvalue weighted by Gasteiger charge is -2.31. The Morgan fingerprint density at radius 1 is 1.71 bits per heavy atom. The molecule has 4 heteroatoms. The minimum Gasteiger partial charge on any atom is -0.480 e. The molecular weight excluding hydrogens is 182 g/mol. The highest BCUT2D eigenvalue weighted by molar-refractivity contribution is 5.88. The summed E-state index contributed by atoms with van der Waals surface area (Å²) < 4.78 is 0. The maximum Gasteiger partial charge on any atom is 0.329 e. The summed E-state index contributed by atoms with van der Waals surface area (Å²) in [6, 6.07) is 0. The van der Waals surface area contributed by atoms with E-state index in [0.717, 1.165) is 0 Å². The van der Waals surface area contributed by atoms with Crippen molar-refractivity contribution in [2.24, 2.45) is 5.92 Å². The van der Waals surface area contributed by atoms with Crippen LogP contribution in [0.3, 0.4) is 0 Å². The molecule has 14 heavy (non-hydrogen) atoms. The van der Waals surface area contributed by atoms with Crippen LogP contribution in [0, 0.1) is 18.3 Å². The fourth-order valence-corrected chi connectivity index (χ4v) is 1.47. The first kappa shape index (κ1) is 10.6. The number of nitrogens with zero attached hydrogens (tertiary/aromatic N) is 1. The molecule has 1 N–H and O–H groups in total. The highest BCUT2D eigenvalue weighted by Crippen LogP contribution is 2.25. The number of amides is 1. The monoisotopic (exact) mass is 195 g/mol. The van der Waals surface area contributed by atoms with E-state index in [4.69, 9.17) is 11.5 Å². The number of aliphatic carboxylic acids is 1. The van der Waals surface area contributed by atoms with Gasteiger partial charge in [-0.1, -0.05) is 0 Å². The van der Waals surface area contributed by atoms with E-state index in [1.165, 1.54) is 18.7 Å². The van der Waals surface area contributed by atoms with E-state index >= 15 is 0 Å². The molecule has 1 heterocycles. The number of likely N-dealkylation sites (tertiary alicyclic amines) is 1. The second-order valence-electron chi connectivity index (χ2n) is 3.94. The molecule has 1 amide bonds. The molecule has 1 aliphatic rings. The van der Waals surface area contributed by atoms with Crippen LogP contribution in [0.25, 0.3) is 0 Å². The van der Waals surface area contributed by atoms with Crippen molar-refractivity contribution in [1.29, 1.82) is 0 Å². The highest BCUT2D eigenvalue weighted by Gasteiger charge is 2.42. The van der Waals surface area contributed by atoms with Crippen LogP contribution < -0.4 is 0 Å². The van der Waals surface area contributed by atoms with Crippen molar-refractivity contribution in [1.82, 2.24) is 4.90 Å². The van der Waals surface area contributed by atoms with Gasteiger partial charge in [0, 0.05) is 18.9 Å². The molecule has 0 spiro atoms. The lowest BCUT2D eigenvalue weighted by Crippen LogP contribution is -2.50. The van der Waals surface area contributed by atoms with Crippen molar-refractivity contribution in [3.8, 4) is 12.3 Å². The Hall–Kier alpha value is -1.50. The smallest absolute Gasteiger partial charge is 0.329 e. The van der Waals surface area contributed by atoms with E-state index in [1.807, 2.05) is 0 Å². The Balaban J connectivity index is 2.86. The van der Waals surface area contributed by atoms with Gasteiger partial charge in [-0.05, 0) is 13.8 Å². The second-order valence-corrected chi connectivity index (χ2v) is 3.94. The minimum absolute atomic E-state index is 0.152. The zero-order valence-electron chi connectivity index (χ0n) is 8.28. The number of carbonyl (C=O) groups excluding carboxylic acids is 1. The molecule has 0 aromatic carbocycles. The third-order valence-corrected chi connectivity index (χ3v) is 2.56. The first-order valence-electron chi connectivity index (χ1n) is 4.39. The van der Waals surface area contributed by atoms with Gasteiger partial charge in [-0.15, -0.1) is 12.3 Å².